The first-order valence-corrected chi connectivity index (χ1v) is 9.59. The van der Waals surface area contributed by atoms with E-state index in [1.54, 1.807) is 32.8 Å². The summed E-state index contributed by atoms with van der Waals surface area (Å²) in [5.41, 5.74) is -0.842. The molecule has 0 N–H and O–H groups in total. The van der Waals surface area contributed by atoms with Crippen molar-refractivity contribution in [3.63, 3.8) is 0 Å². The lowest BCUT2D eigenvalue weighted by Crippen LogP contribution is -2.53. The van der Waals surface area contributed by atoms with Gasteiger partial charge in [-0.2, -0.15) is 13.2 Å². The van der Waals surface area contributed by atoms with Crippen LogP contribution >= 0.6 is 0 Å². The summed E-state index contributed by atoms with van der Waals surface area (Å²) in [6.45, 7) is 4.06. The van der Waals surface area contributed by atoms with Crippen LogP contribution in [0.2, 0.25) is 0 Å². The maximum Gasteiger partial charge on any atom is 0.416 e. The average molecular weight is 414 g/mol. The zero-order valence-corrected chi connectivity index (χ0v) is 17.5. The first kappa shape index (κ1) is 23.2. The summed E-state index contributed by atoms with van der Waals surface area (Å²) in [6, 6.07) is 4.95. The molecule has 1 heterocycles. The van der Waals surface area contributed by atoms with E-state index in [0.717, 1.165) is 12.1 Å². The lowest BCUT2D eigenvalue weighted by molar-refractivity contribution is -0.141. The summed E-state index contributed by atoms with van der Waals surface area (Å²) in [6.07, 6.45) is -3.69. The van der Waals surface area contributed by atoms with Gasteiger partial charge in [-0.3, -0.25) is 9.59 Å². The number of hydrogen-bond acceptors (Lipinski definition) is 3. The second kappa shape index (κ2) is 8.73. The highest BCUT2D eigenvalue weighted by Crippen LogP contribution is 2.39. The fraction of sp³-hybridized carbons (Fsp3) is 0.619. The largest absolute Gasteiger partial charge is 0.416 e. The molecule has 0 radical (unpaired) electrons. The van der Waals surface area contributed by atoms with Crippen LogP contribution in [0.4, 0.5) is 13.2 Å². The van der Waals surface area contributed by atoms with E-state index in [1.165, 1.54) is 24.1 Å². The fourth-order valence-electron chi connectivity index (χ4n) is 4.03. The van der Waals surface area contributed by atoms with E-state index in [-0.39, 0.29) is 36.8 Å². The lowest BCUT2D eigenvalue weighted by atomic mass is 9.85. The number of amides is 2. The van der Waals surface area contributed by atoms with E-state index in [2.05, 4.69) is 0 Å². The molecular formula is C21H29F3N2O3. The zero-order valence-electron chi connectivity index (χ0n) is 17.5. The smallest absolute Gasteiger partial charge is 0.382 e. The Bertz CT molecular complexity index is 732. The number of likely N-dealkylation sites (tertiary alicyclic amines) is 1. The Kier molecular flexibility index (Phi) is 6.98. The van der Waals surface area contributed by atoms with Gasteiger partial charge in [0.2, 0.25) is 11.8 Å². The number of benzene rings is 1. The van der Waals surface area contributed by atoms with Gasteiger partial charge in [-0.05, 0) is 30.5 Å². The number of carbonyl (C=O) groups is 2. The summed E-state index contributed by atoms with van der Waals surface area (Å²) in [5, 5.41) is 0. The van der Waals surface area contributed by atoms with Gasteiger partial charge in [-0.1, -0.05) is 26.0 Å². The summed E-state index contributed by atoms with van der Waals surface area (Å²) in [7, 11) is 4.86. The molecule has 5 nitrogen and oxygen atoms in total. The molecule has 0 aromatic heterocycles. The second-order valence-corrected chi connectivity index (χ2v) is 8.27. The Morgan fingerprint density at radius 1 is 1.24 bits per heavy atom. The van der Waals surface area contributed by atoms with Gasteiger partial charge >= 0.3 is 6.18 Å². The van der Waals surface area contributed by atoms with E-state index in [4.69, 9.17) is 4.74 Å². The van der Waals surface area contributed by atoms with Crippen LogP contribution in [0.15, 0.2) is 24.3 Å². The van der Waals surface area contributed by atoms with Gasteiger partial charge in [0, 0.05) is 33.7 Å². The average Bonchev–Trinajstić information content (AvgIpc) is 2.99. The number of nitrogens with zero attached hydrogens (tertiary/aromatic N) is 2. The molecule has 1 aliphatic rings. The molecule has 0 saturated carbocycles. The third-order valence-electron chi connectivity index (χ3n) is 5.38. The Morgan fingerprint density at radius 3 is 2.28 bits per heavy atom. The molecule has 0 aliphatic carbocycles. The molecule has 162 valence electrons. The summed E-state index contributed by atoms with van der Waals surface area (Å²) in [5.74, 6) is -0.815. The molecule has 29 heavy (non-hydrogen) atoms. The number of hydrogen-bond donors (Lipinski definition) is 0. The van der Waals surface area contributed by atoms with E-state index in [1.807, 2.05) is 0 Å². The van der Waals surface area contributed by atoms with Gasteiger partial charge in [0.25, 0.3) is 0 Å². The normalized spacial score (nSPS) is 22.2. The van der Waals surface area contributed by atoms with Gasteiger partial charge in [-0.25, -0.2) is 0 Å². The van der Waals surface area contributed by atoms with Crippen molar-refractivity contribution in [2.24, 2.45) is 11.8 Å². The highest BCUT2D eigenvalue weighted by Gasteiger charge is 2.50. The maximum absolute atomic E-state index is 12.9. The molecule has 8 heteroatoms. The SMILES string of the molecule is COC[C@]1(Cc2ccc(C(F)(F)F)cc2)C[C@H](C(=O)N(C)C)CN1C(=O)C(C)C. The molecule has 1 aromatic rings. The molecule has 0 bridgehead atoms. The highest BCUT2D eigenvalue weighted by atomic mass is 19.4. The summed E-state index contributed by atoms with van der Waals surface area (Å²) < 4.78 is 44.1. The Hall–Kier alpha value is -2.09. The molecule has 0 unspecified atom stereocenters. The van der Waals surface area contributed by atoms with Gasteiger partial charge in [0.05, 0.1) is 23.6 Å². The minimum Gasteiger partial charge on any atom is -0.382 e. The highest BCUT2D eigenvalue weighted by molar-refractivity contribution is 5.83. The molecule has 2 rings (SSSR count). The molecule has 1 fully saturated rings. The number of rotatable bonds is 6. The van der Waals surface area contributed by atoms with Crippen molar-refractivity contribution in [3.05, 3.63) is 35.4 Å². The van der Waals surface area contributed by atoms with E-state index >= 15 is 0 Å². The molecule has 0 spiro atoms. The van der Waals surface area contributed by atoms with Crippen molar-refractivity contribution in [2.75, 3.05) is 34.4 Å². The lowest BCUT2D eigenvalue weighted by Gasteiger charge is -2.39. The molecule has 1 aliphatic heterocycles. The van der Waals surface area contributed by atoms with Gasteiger partial charge in [0.15, 0.2) is 0 Å². The second-order valence-electron chi connectivity index (χ2n) is 8.27. The van der Waals surface area contributed by atoms with Gasteiger partial charge in [0.1, 0.15) is 0 Å². The van der Waals surface area contributed by atoms with Crippen LogP contribution in [0.25, 0.3) is 0 Å². The molecule has 1 saturated heterocycles. The fourth-order valence-corrected chi connectivity index (χ4v) is 4.03. The quantitative estimate of drug-likeness (QED) is 0.718. The van der Waals surface area contributed by atoms with E-state index < -0.39 is 17.3 Å². The van der Waals surface area contributed by atoms with Crippen LogP contribution < -0.4 is 0 Å². The van der Waals surface area contributed by atoms with Crippen LogP contribution in [0.5, 0.6) is 0 Å². The van der Waals surface area contributed by atoms with Crippen LogP contribution in [0.1, 0.15) is 31.4 Å². The number of methoxy groups -OCH3 is 1. The standard InChI is InChI=1S/C21H29F3N2O3/c1-14(2)18(27)26-12-16(19(28)25(3)4)11-20(26,13-29-5)10-15-6-8-17(9-7-15)21(22,23)24/h6-9,14,16H,10-13H2,1-5H3/t16-,20-/m0/s1. The van der Waals surface area contributed by atoms with Crippen LogP contribution in [0, 0.1) is 11.8 Å². The Morgan fingerprint density at radius 2 is 1.83 bits per heavy atom. The number of ether oxygens (including phenoxy) is 1. The van der Waals surface area contributed by atoms with Crippen molar-refractivity contribution < 1.29 is 27.5 Å². The topological polar surface area (TPSA) is 49.9 Å². The Balaban J connectivity index is 2.40. The maximum atomic E-state index is 12.9. The van der Waals surface area contributed by atoms with Crippen molar-refractivity contribution >= 4 is 11.8 Å². The summed E-state index contributed by atoms with van der Waals surface area (Å²) >= 11 is 0. The monoisotopic (exact) mass is 414 g/mol. The first-order chi connectivity index (χ1) is 13.4. The van der Waals surface area contributed by atoms with Crippen molar-refractivity contribution in [3.8, 4) is 0 Å². The predicted octanol–water partition coefficient (Wildman–Crippen LogP) is 3.23. The number of carbonyl (C=O) groups excluding carboxylic acids is 2. The number of halogens is 3. The van der Waals surface area contributed by atoms with E-state index in [9.17, 15) is 22.8 Å². The van der Waals surface area contributed by atoms with Gasteiger partial charge < -0.3 is 14.5 Å². The van der Waals surface area contributed by atoms with Gasteiger partial charge in [-0.15, -0.1) is 0 Å². The Labute approximate surface area is 169 Å². The van der Waals surface area contributed by atoms with Crippen molar-refractivity contribution in [1.82, 2.24) is 9.80 Å². The predicted molar refractivity (Wildman–Crippen MR) is 103 cm³/mol. The van der Waals surface area contributed by atoms with Crippen LogP contribution in [-0.4, -0.2) is 61.5 Å². The molecule has 1 aromatic carbocycles. The third-order valence-corrected chi connectivity index (χ3v) is 5.38. The van der Waals surface area contributed by atoms with E-state index in [0.29, 0.717) is 18.4 Å². The molecular weight excluding hydrogens is 385 g/mol. The third kappa shape index (κ3) is 5.10. The minimum atomic E-state index is -4.40. The molecule has 2 atom stereocenters. The number of alkyl halides is 3. The van der Waals surface area contributed by atoms with Crippen molar-refractivity contribution in [2.45, 2.75) is 38.4 Å². The molecule has 2 amide bonds. The van der Waals surface area contributed by atoms with Crippen LogP contribution in [0.3, 0.4) is 0 Å². The van der Waals surface area contributed by atoms with Crippen molar-refractivity contribution in [1.29, 1.82) is 0 Å². The van der Waals surface area contributed by atoms with Crippen LogP contribution in [-0.2, 0) is 26.9 Å². The zero-order chi connectivity index (χ0) is 22.0. The minimum absolute atomic E-state index is 0.0723. The first-order valence-electron chi connectivity index (χ1n) is 9.59. The summed E-state index contributed by atoms with van der Waals surface area (Å²) in [4.78, 5) is 28.8.